The summed E-state index contributed by atoms with van der Waals surface area (Å²) in [5.41, 5.74) is -3.72. The average molecular weight is 537 g/mol. The molecular formula is C30H19NO9. The van der Waals surface area contributed by atoms with Gasteiger partial charge < -0.3 is 35.2 Å². The van der Waals surface area contributed by atoms with Gasteiger partial charge in [-0.05, 0) is 30.4 Å². The number of aliphatic carboxylic acids is 1. The molecule has 2 aromatic rings. The smallest absolute Gasteiger partial charge is 0.335 e. The highest BCUT2D eigenvalue weighted by molar-refractivity contribution is 6.33. The second-order valence-electron chi connectivity index (χ2n) is 10.1. The number of methoxy groups -OCH3 is 1. The van der Waals surface area contributed by atoms with E-state index in [-0.39, 0.29) is 33.7 Å². The molecule has 0 radical (unpaired) electrons. The van der Waals surface area contributed by atoms with Crippen LogP contribution in [0.2, 0.25) is 0 Å². The van der Waals surface area contributed by atoms with Crippen LogP contribution < -0.4 is 5.32 Å². The molecular weight excluding hydrogens is 518 g/mol. The number of carbonyl (C=O) groups excluding carboxylic acids is 2. The van der Waals surface area contributed by atoms with Crippen LogP contribution in [0, 0.1) is 35.5 Å². The van der Waals surface area contributed by atoms with Crippen LogP contribution in [0.5, 0.6) is 17.2 Å². The summed E-state index contributed by atoms with van der Waals surface area (Å²) >= 11 is 0. The Morgan fingerprint density at radius 3 is 2.20 bits per heavy atom. The van der Waals surface area contributed by atoms with Gasteiger partial charge in [-0.15, -0.1) is 0 Å². The minimum Gasteiger partial charge on any atom is -0.507 e. The summed E-state index contributed by atoms with van der Waals surface area (Å²) in [6.45, 7) is 1.68. The van der Waals surface area contributed by atoms with Crippen molar-refractivity contribution in [3.8, 4) is 40.9 Å². The lowest BCUT2D eigenvalue weighted by Crippen LogP contribution is -2.55. The molecule has 2 aromatic carbocycles. The number of anilines is 1. The molecule has 0 saturated carbocycles. The first-order valence-corrected chi connectivity index (χ1v) is 12.3. The topological polar surface area (TPSA) is 166 Å². The Balaban J connectivity index is 1.59. The van der Waals surface area contributed by atoms with E-state index in [9.17, 15) is 34.8 Å². The molecule has 5 atom stereocenters. The molecule has 4 bridgehead atoms. The second kappa shape index (κ2) is 7.47. The molecule has 1 fully saturated rings. The number of phenols is 3. The molecule has 2 aliphatic heterocycles. The number of phenolic OH excluding ortho intramolecular Hbond substituents is 3. The maximum Gasteiger partial charge on any atom is 0.335 e. The number of benzene rings is 2. The maximum atomic E-state index is 13.9. The fraction of sp³-hybridized carbons (Fsp3) is 0.233. The summed E-state index contributed by atoms with van der Waals surface area (Å²) in [5.74, 6) is 5.71. The quantitative estimate of drug-likeness (QED) is 0.186. The molecule has 0 aromatic heterocycles. The van der Waals surface area contributed by atoms with Gasteiger partial charge in [-0.3, -0.25) is 9.59 Å². The molecule has 0 spiro atoms. The van der Waals surface area contributed by atoms with E-state index in [1.165, 1.54) is 25.3 Å². The lowest BCUT2D eigenvalue weighted by Gasteiger charge is -2.43. The first-order valence-electron chi connectivity index (χ1n) is 12.3. The first kappa shape index (κ1) is 23.9. The summed E-state index contributed by atoms with van der Waals surface area (Å²) < 4.78 is 12.2. The van der Waals surface area contributed by atoms with E-state index in [4.69, 9.17) is 9.47 Å². The Morgan fingerprint density at radius 2 is 1.57 bits per heavy atom. The van der Waals surface area contributed by atoms with Crippen LogP contribution in [0.3, 0.4) is 0 Å². The van der Waals surface area contributed by atoms with Crippen molar-refractivity contribution >= 4 is 23.2 Å². The van der Waals surface area contributed by atoms with Crippen molar-refractivity contribution in [2.75, 3.05) is 12.4 Å². The SMILES string of the molecule is COC1=C(C(=O)O)[C@H](C)[C@@]23O[C@]24c2cc(O)c5c(c2NC3C#C/C=C\C#CC14)C(=O)c1c(O)ccc(O)c1C5=O. The van der Waals surface area contributed by atoms with Crippen LogP contribution >= 0.6 is 0 Å². The number of ether oxygens (including phenoxy) is 2. The Labute approximate surface area is 226 Å². The fourth-order valence-electron chi connectivity index (χ4n) is 6.93. The molecule has 1 saturated heterocycles. The zero-order valence-corrected chi connectivity index (χ0v) is 20.9. The van der Waals surface area contributed by atoms with Crippen molar-refractivity contribution in [2.24, 2.45) is 11.8 Å². The summed E-state index contributed by atoms with van der Waals surface area (Å²) in [6.07, 6.45) is 3.04. The molecule has 7 rings (SSSR count). The van der Waals surface area contributed by atoms with Crippen LogP contribution in [0.25, 0.3) is 0 Å². The highest BCUT2D eigenvalue weighted by Crippen LogP contribution is 2.74. The summed E-state index contributed by atoms with van der Waals surface area (Å²) in [5, 5.41) is 45.5. The third-order valence-electron chi connectivity index (χ3n) is 8.53. The molecule has 198 valence electrons. The molecule has 10 heteroatoms. The molecule has 5 N–H and O–H groups in total. The van der Waals surface area contributed by atoms with Gasteiger partial charge in [0.25, 0.3) is 0 Å². The number of aromatic hydroxyl groups is 3. The van der Waals surface area contributed by atoms with Gasteiger partial charge in [-0.25, -0.2) is 4.79 Å². The number of fused-ring (bicyclic) bond motifs is 4. The van der Waals surface area contributed by atoms with Gasteiger partial charge in [0.1, 0.15) is 46.2 Å². The standard InChI is InChI=1S/C30H19NO9/c1-12-19(28(37)38)27(39-2)13-7-5-3-4-6-8-18-29(12)30(13,40-29)14-11-17(34)22-23(24(14)31-18)26(36)21-16(33)10-9-15(32)20(21)25(22)35/h3-4,9-13,18,31-34H,1-2H3,(H,37,38)/b4-3-/t12-,13?,18?,29-,30+/m0/s1. The van der Waals surface area contributed by atoms with Crippen molar-refractivity contribution in [3.63, 3.8) is 0 Å². The van der Waals surface area contributed by atoms with Gasteiger partial charge in [-0.1, -0.05) is 30.6 Å². The first-order chi connectivity index (χ1) is 19.1. The number of ketones is 2. The van der Waals surface area contributed by atoms with Gasteiger partial charge in [0.15, 0.2) is 0 Å². The molecule has 0 amide bonds. The van der Waals surface area contributed by atoms with Crippen molar-refractivity contribution in [2.45, 2.75) is 24.2 Å². The van der Waals surface area contributed by atoms with Crippen LogP contribution in [0.15, 0.2) is 41.7 Å². The van der Waals surface area contributed by atoms with E-state index in [0.717, 1.165) is 12.1 Å². The van der Waals surface area contributed by atoms with Gasteiger partial charge in [0, 0.05) is 11.5 Å². The third kappa shape index (κ3) is 2.48. The monoisotopic (exact) mass is 537 g/mol. The Hall–Kier alpha value is -5.19. The highest BCUT2D eigenvalue weighted by Gasteiger charge is 2.85. The lowest BCUT2D eigenvalue weighted by atomic mass is 9.59. The molecule has 3 aliphatic carbocycles. The van der Waals surface area contributed by atoms with Gasteiger partial charge in [0.05, 0.1) is 40.6 Å². The van der Waals surface area contributed by atoms with Gasteiger partial charge >= 0.3 is 5.97 Å². The Kier molecular flexibility index (Phi) is 4.46. The summed E-state index contributed by atoms with van der Waals surface area (Å²) in [7, 11) is 1.34. The predicted octanol–water partition coefficient (Wildman–Crippen LogP) is 2.16. The van der Waals surface area contributed by atoms with Gasteiger partial charge in [-0.2, -0.15) is 0 Å². The van der Waals surface area contributed by atoms with Crippen molar-refractivity contribution < 1.29 is 44.3 Å². The zero-order chi connectivity index (χ0) is 28.3. The predicted molar refractivity (Wildman–Crippen MR) is 137 cm³/mol. The van der Waals surface area contributed by atoms with Crippen molar-refractivity contribution in [3.05, 3.63) is 69.5 Å². The molecule has 2 heterocycles. The molecule has 2 unspecified atom stereocenters. The molecule has 5 aliphatic rings. The normalized spacial score (nSPS) is 30.5. The number of carboxylic acid groups (broad SMARTS) is 1. The lowest BCUT2D eigenvalue weighted by molar-refractivity contribution is -0.134. The number of carbonyl (C=O) groups is 3. The van der Waals surface area contributed by atoms with E-state index in [0.29, 0.717) is 0 Å². The number of nitrogens with one attached hydrogen (secondary N) is 1. The molecule has 10 nitrogen and oxygen atoms in total. The Bertz CT molecular complexity index is 1850. The van der Waals surface area contributed by atoms with E-state index in [1.807, 2.05) is 0 Å². The van der Waals surface area contributed by atoms with Crippen LogP contribution in [0.1, 0.15) is 44.3 Å². The molecule has 40 heavy (non-hydrogen) atoms. The van der Waals surface area contributed by atoms with E-state index in [1.54, 1.807) is 6.92 Å². The number of carboxylic acids is 1. The second-order valence-corrected chi connectivity index (χ2v) is 10.1. The minimum atomic E-state index is -1.41. The van der Waals surface area contributed by atoms with Crippen molar-refractivity contribution in [1.29, 1.82) is 0 Å². The van der Waals surface area contributed by atoms with Crippen LogP contribution in [0.4, 0.5) is 5.69 Å². The third-order valence-corrected chi connectivity index (χ3v) is 8.53. The number of epoxide rings is 1. The van der Waals surface area contributed by atoms with Crippen molar-refractivity contribution in [1.82, 2.24) is 0 Å². The van der Waals surface area contributed by atoms with Gasteiger partial charge in [0.2, 0.25) is 11.6 Å². The zero-order valence-electron chi connectivity index (χ0n) is 20.9. The fourth-order valence-corrected chi connectivity index (χ4v) is 6.93. The highest BCUT2D eigenvalue weighted by atomic mass is 16.6. The number of hydrogen-bond donors (Lipinski definition) is 5. The number of hydrogen-bond acceptors (Lipinski definition) is 9. The van der Waals surface area contributed by atoms with Crippen LogP contribution in [-0.4, -0.2) is 56.7 Å². The summed E-state index contributed by atoms with van der Waals surface area (Å²) in [4.78, 5) is 40.0. The van der Waals surface area contributed by atoms with E-state index < -0.39 is 75.0 Å². The largest absolute Gasteiger partial charge is 0.507 e. The number of allylic oxidation sites excluding steroid dienone is 2. The van der Waals surface area contributed by atoms with Crippen LogP contribution in [-0.2, 0) is 19.9 Å². The number of rotatable bonds is 2. The minimum absolute atomic E-state index is 0.0284. The average Bonchev–Trinajstić information content (AvgIpc) is 3.64. The summed E-state index contributed by atoms with van der Waals surface area (Å²) in [6, 6.07) is 2.60. The van der Waals surface area contributed by atoms with E-state index >= 15 is 0 Å². The maximum absolute atomic E-state index is 13.9. The van der Waals surface area contributed by atoms with E-state index in [2.05, 4.69) is 29.0 Å². The Morgan fingerprint density at radius 1 is 0.975 bits per heavy atom.